The maximum Gasteiger partial charge on any atom is 0.257 e. The lowest BCUT2D eigenvalue weighted by Gasteiger charge is -2.28. The third kappa shape index (κ3) is 3.89. The van der Waals surface area contributed by atoms with Crippen LogP contribution in [0.4, 0.5) is 5.69 Å². The zero-order valence-electron chi connectivity index (χ0n) is 12.8. The van der Waals surface area contributed by atoms with Crippen molar-refractivity contribution in [2.75, 3.05) is 25.0 Å². The van der Waals surface area contributed by atoms with Crippen molar-refractivity contribution in [1.29, 1.82) is 5.26 Å². The molecule has 3 rings (SSSR count). The minimum absolute atomic E-state index is 0.0660. The first-order chi connectivity index (χ1) is 11.7. The zero-order valence-corrected chi connectivity index (χ0v) is 13.5. The van der Waals surface area contributed by atoms with Crippen molar-refractivity contribution >= 4 is 23.4 Å². The second-order valence-corrected chi connectivity index (χ2v) is 5.83. The number of morpholine rings is 1. The lowest BCUT2D eigenvalue weighted by Crippen LogP contribution is -2.31. The molecule has 0 bridgehead atoms. The Morgan fingerprint density at radius 1 is 1.33 bits per heavy atom. The van der Waals surface area contributed by atoms with Crippen molar-refractivity contribution in [3.8, 4) is 6.07 Å². The Labute approximate surface area is 144 Å². The molecule has 2 heterocycles. The molecule has 122 valence electrons. The predicted molar refractivity (Wildman–Crippen MR) is 89.5 cm³/mol. The van der Waals surface area contributed by atoms with E-state index < -0.39 is 0 Å². The van der Waals surface area contributed by atoms with Crippen molar-refractivity contribution in [3.05, 3.63) is 59.4 Å². The van der Waals surface area contributed by atoms with Gasteiger partial charge in [-0.15, -0.1) is 0 Å². The lowest BCUT2D eigenvalue weighted by molar-refractivity contribution is -0.00196. The molecule has 2 aromatic rings. The van der Waals surface area contributed by atoms with Crippen LogP contribution in [0.3, 0.4) is 0 Å². The summed E-state index contributed by atoms with van der Waals surface area (Å²) in [5.41, 5.74) is 2.35. The molecule has 1 atom stereocenters. The molecule has 1 aromatic heterocycles. The number of carbonyl (C=O) groups is 1. The summed E-state index contributed by atoms with van der Waals surface area (Å²) < 4.78 is 7.41. The molecular formula is C17H15ClN4O2. The number of benzene rings is 1. The van der Waals surface area contributed by atoms with E-state index in [1.54, 1.807) is 10.5 Å². The number of rotatable bonds is 3. The molecule has 0 spiro atoms. The van der Waals surface area contributed by atoms with Crippen molar-refractivity contribution in [2.45, 2.75) is 6.10 Å². The molecule has 0 saturated carbocycles. The minimum Gasteiger partial charge on any atom is -0.371 e. The van der Waals surface area contributed by atoms with E-state index in [1.165, 1.54) is 12.3 Å². The number of ether oxygens (including phenoxy) is 1. The zero-order chi connectivity index (χ0) is 16.9. The number of amides is 1. The van der Waals surface area contributed by atoms with Crippen LogP contribution >= 0.6 is 11.8 Å². The van der Waals surface area contributed by atoms with Gasteiger partial charge in [0.05, 0.1) is 18.3 Å². The SMILES string of the molecule is N#Cc1ccc(C(=O)Nc2ccc(C3CN(Cl)CCO3)cc2)cn1. The van der Waals surface area contributed by atoms with Gasteiger partial charge in [-0.3, -0.25) is 4.79 Å². The van der Waals surface area contributed by atoms with Crippen molar-refractivity contribution in [1.82, 2.24) is 9.40 Å². The number of nitrogens with zero attached hydrogens (tertiary/aromatic N) is 3. The molecule has 1 unspecified atom stereocenters. The largest absolute Gasteiger partial charge is 0.371 e. The normalized spacial score (nSPS) is 17.9. The van der Waals surface area contributed by atoms with Gasteiger partial charge in [0.15, 0.2) is 0 Å². The van der Waals surface area contributed by atoms with E-state index >= 15 is 0 Å². The lowest BCUT2D eigenvalue weighted by atomic mass is 10.1. The molecule has 1 aliphatic heterocycles. The maximum atomic E-state index is 12.2. The quantitative estimate of drug-likeness (QED) is 0.868. The summed E-state index contributed by atoms with van der Waals surface area (Å²) in [6.45, 7) is 1.94. The third-order valence-corrected chi connectivity index (χ3v) is 4.00. The van der Waals surface area contributed by atoms with Gasteiger partial charge in [-0.25, -0.2) is 9.40 Å². The first kappa shape index (κ1) is 16.4. The van der Waals surface area contributed by atoms with E-state index in [4.69, 9.17) is 21.8 Å². The number of carbonyl (C=O) groups excluding carboxylic acids is 1. The molecule has 1 aliphatic rings. The summed E-state index contributed by atoms with van der Waals surface area (Å²) in [6, 6.07) is 12.5. The van der Waals surface area contributed by atoms with Crippen molar-refractivity contribution in [3.63, 3.8) is 0 Å². The number of anilines is 1. The number of hydrogen-bond donors (Lipinski definition) is 1. The van der Waals surface area contributed by atoms with Crippen LogP contribution < -0.4 is 5.32 Å². The van der Waals surface area contributed by atoms with Gasteiger partial charge in [-0.05, 0) is 41.6 Å². The van der Waals surface area contributed by atoms with Gasteiger partial charge in [0, 0.05) is 25.0 Å². The molecule has 6 nitrogen and oxygen atoms in total. The highest BCUT2D eigenvalue weighted by atomic mass is 35.5. The van der Waals surface area contributed by atoms with Gasteiger partial charge in [0.2, 0.25) is 0 Å². The Hall–Kier alpha value is -2.46. The number of nitrogens with one attached hydrogen (secondary N) is 1. The van der Waals surface area contributed by atoms with Gasteiger partial charge in [0.25, 0.3) is 5.91 Å². The highest BCUT2D eigenvalue weighted by molar-refractivity contribution is 6.13. The number of halogens is 1. The Balaban J connectivity index is 1.65. The van der Waals surface area contributed by atoms with Crippen LogP contribution in [0.2, 0.25) is 0 Å². The Kier molecular flexibility index (Phi) is 5.06. The standard InChI is InChI=1S/C17H15ClN4O2/c18-22-7-8-24-16(11-22)12-1-4-14(5-2-12)21-17(23)13-3-6-15(9-19)20-10-13/h1-6,10,16H,7-8,11H2,(H,21,23). The Morgan fingerprint density at radius 2 is 2.12 bits per heavy atom. The number of pyridine rings is 1. The summed E-state index contributed by atoms with van der Waals surface area (Å²) >= 11 is 6.02. The fourth-order valence-corrected chi connectivity index (χ4v) is 2.59. The minimum atomic E-state index is -0.277. The Morgan fingerprint density at radius 3 is 2.75 bits per heavy atom. The highest BCUT2D eigenvalue weighted by Crippen LogP contribution is 2.24. The van der Waals surface area contributed by atoms with Crippen LogP contribution in [0, 0.1) is 11.3 Å². The average Bonchev–Trinajstić information content (AvgIpc) is 2.62. The van der Waals surface area contributed by atoms with Crippen molar-refractivity contribution in [2.24, 2.45) is 0 Å². The number of nitriles is 1. The molecule has 0 radical (unpaired) electrons. The second kappa shape index (κ2) is 7.41. The van der Waals surface area contributed by atoms with E-state index in [0.29, 0.717) is 30.9 Å². The molecule has 7 heteroatoms. The van der Waals surface area contributed by atoms with E-state index in [0.717, 1.165) is 5.56 Å². The van der Waals surface area contributed by atoms with E-state index in [9.17, 15) is 4.79 Å². The van der Waals surface area contributed by atoms with Crippen molar-refractivity contribution < 1.29 is 9.53 Å². The predicted octanol–water partition coefficient (Wildman–Crippen LogP) is 2.73. The Bertz CT molecular complexity index is 756. The average molecular weight is 343 g/mol. The molecule has 1 fully saturated rings. The van der Waals surface area contributed by atoms with Gasteiger partial charge in [-0.2, -0.15) is 5.26 Å². The van der Waals surface area contributed by atoms with E-state index in [-0.39, 0.29) is 17.7 Å². The van der Waals surface area contributed by atoms with Gasteiger partial charge < -0.3 is 10.1 Å². The summed E-state index contributed by atoms with van der Waals surface area (Å²) in [5, 5.41) is 11.5. The molecular weight excluding hydrogens is 328 g/mol. The van der Waals surface area contributed by atoms with Crippen LogP contribution in [-0.2, 0) is 4.74 Å². The highest BCUT2D eigenvalue weighted by Gasteiger charge is 2.20. The third-order valence-electron chi connectivity index (χ3n) is 3.70. The first-order valence-electron chi connectivity index (χ1n) is 7.45. The topological polar surface area (TPSA) is 78.2 Å². The van der Waals surface area contributed by atoms with E-state index in [2.05, 4.69) is 10.3 Å². The van der Waals surface area contributed by atoms with Crippen LogP contribution in [0.15, 0.2) is 42.6 Å². The second-order valence-electron chi connectivity index (χ2n) is 5.35. The summed E-state index contributed by atoms with van der Waals surface area (Å²) in [6.07, 6.45) is 1.32. The summed E-state index contributed by atoms with van der Waals surface area (Å²) in [4.78, 5) is 16.0. The number of hydrogen-bond acceptors (Lipinski definition) is 5. The van der Waals surface area contributed by atoms with Crippen LogP contribution in [0.1, 0.15) is 27.7 Å². The van der Waals surface area contributed by atoms with E-state index in [1.807, 2.05) is 30.3 Å². The number of aromatic nitrogens is 1. The van der Waals surface area contributed by atoms with Gasteiger partial charge >= 0.3 is 0 Å². The van der Waals surface area contributed by atoms with Gasteiger partial charge in [0.1, 0.15) is 11.8 Å². The monoisotopic (exact) mass is 342 g/mol. The molecule has 1 saturated heterocycles. The fourth-order valence-electron chi connectivity index (χ4n) is 2.40. The van der Waals surface area contributed by atoms with Crippen LogP contribution in [0.25, 0.3) is 0 Å². The first-order valence-corrected chi connectivity index (χ1v) is 7.79. The molecule has 1 N–H and O–H groups in total. The smallest absolute Gasteiger partial charge is 0.257 e. The summed E-state index contributed by atoms with van der Waals surface area (Å²) in [5.74, 6) is -0.277. The molecule has 1 aromatic carbocycles. The summed E-state index contributed by atoms with van der Waals surface area (Å²) in [7, 11) is 0. The van der Waals surface area contributed by atoms with Gasteiger partial charge in [-0.1, -0.05) is 12.1 Å². The fraction of sp³-hybridized carbons (Fsp3) is 0.235. The van der Waals surface area contributed by atoms with Crippen LogP contribution in [0.5, 0.6) is 0 Å². The van der Waals surface area contributed by atoms with Crippen LogP contribution in [-0.4, -0.2) is 35.0 Å². The molecule has 0 aliphatic carbocycles. The maximum absolute atomic E-state index is 12.2. The molecule has 1 amide bonds. The molecule has 24 heavy (non-hydrogen) atoms.